The Bertz CT molecular complexity index is 908. The van der Waals surface area contributed by atoms with Crippen LogP contribution in [0.1, 0.15) is 68.0 Å². The van der Waals surface area contributed by atoms with Crippen molar-refractivity contribution in [3.8, 4) is 0 Å². The number of aryl methyl sites for hydroxylation is 1. The van der Waals surface area contributed by atoms with Crippen LogP contribution < -0.4 is 0 Å². The van der Waals surface area contributed by atoms with Gasteiger partial charge < -0.3 is 9.57 Å². The summed E-state index contributed by atoms with van der Waals surface area (Å²) in [5.41, 5.74) is 1.72. The smallest absolute Gasteiger partial charge is 0.357 e. The van der Waals surface area contributed by atoms with Gasteiger partial charge in [0.15, 0.2) is 0 Å². The molecule has 140 valence electrons. The lowest BCUT2D eigenvalue weighted by Gasteiger charge is -2.24. The molecular weight excluding hydrogens is 350 g/mol. The number of carbonyl (C=O) groups excluding carboxylic acids is 3. The number of amides is 2. The van der Waals surface area contributed by atoms with Gasteiger partial charge in [0.2, 0.25) is 0 Å². The molecule has 8 nitrogen and oxygen atoms in total. The summed E-state index contributed by atoms with van der Waals surface area (Å²) < 4.78 is 7.41. The highest BCUT2D eigenvalue weighted by molar-refractivity contribution is 6.21. The predicted octanol–water partition coefficient (Wildman–Crippen LogP) is 2.57. The predicted molar refractivity (Wildman–Crippen MR) is 92.9 cm³/mol. The first-order valence-corrected chi connectivity index (χ1v) is 8.86. The number of hydrogen-bond donors (Lipinski definition) is 0. The highest BCUT2D eigenvalue weighted by Gasteiger charge is 2.39. The van der Waals surface area contributed by atoms with Crippen molar-refractivity contribution in [2.24, 2.45) is 0 Å². The zero-order valence-electron chi connectivity index (χ0n) is 15.1. The van der Waals surface area contributed by atoms with Crippen molar-refractivity contribution in [2.75, 3.05) is 6.61 Å². The second-order valence-electron chi connectivity index (χ2n) is 6.64. The summed E-state index contributed by atoms with van der Waals surface area (Å²) in [4.78, 5) is 42.7. The van der Waals surface area contributed by atoms with Gasteiger partial charge in [-0.05, 0) is 45.2 Å². The van der Waals surface area contributed by atoms with Crippen molar-refractivity contribution in [2.45, 2.75) is 39.3 Å². The molecule has 0 aliphatic carbocycles. The monoisotopic (exact) mass is 369 g/mol. The standard InChI is InChI=1S/C19H19N3O5/c1-11-16(12(2)21(20-11)15-9-5-6-10-26-15)19(25)27-22-17(23)13-7-3-4-8-14(13)18(22)24/h3-4,7-8,15H,5-6,9-10H2,1-2H3. The highest BCUT2D eigenvalue weighted by Crippen LogP contribution is 2.28. The molecule has 8 heteroatoms. The van der Waals surface area contributed by atoms with Gasteiger partial charge in [-0.3, -0.25) is 9.59 Å². The van der Waals surface area contributed by atoms with E-state index in [1.54, 1.807) is 30.7 Å². The van der Waals surface area contributed by atoms with Gasteiger partial charge in [-0.25, -0.2) is 9.48 Å². The van der Waals surface area contributed by atoms with E-state index < -0.39 is 17.8 Å². The molecule has 1 aromatic carbocycles. The van der Waals surface area contributed by atoms with Gasteiger partial charge in [-0.2, -0.15) is 5.10 Å². The van der Waals surface area contributed by atoms with Gasteiger partial charge in [0.25, 0.3) is 11.8 Å². The molecule has 2 amide bonds. The largest absolute Gasteiger partial charge is 0.367 e. The lowest BCUT2D eigenvalue weighted by atomic mass is 10.1. The number of benzene rings is 1. The van der Waals surface area contributed by atoms with Crippen molar-refractivity contribution >= 4 is 17.8 Å². The topological polar surface area (TPSA) is 90.7 Å². The SMILES string of the molecule is Cc1nn(C2CCCCO2)c(C)c1C(=O)ON1C(=O)c2ccccc2C1=O. The van der Waals surface area contributed by atoms with Crippen LogP contribution in [-0.4, -0.2) is 39.2 Å². The van der Waals surface area contributed by atoms with Crippen LogP contribution >= 0.6 is 0 Å². The van der Waals surface area contributed by atoms with Crippen LogP contribution in [0, 0.1) is 13.8 Å². The molecule has 0 spiro atoms. The normalized spacial score (nSPS) is 19.3. The van der Waals surface area contributed by atoms with E-state index >= 15 is 0 Å². The average molecular weight is 369 g/mol. The quantitative estimate of drug-likeness (QED) is 0.773. The summed E-state index contributed by atoms with van der Waals surface area (Å²) in [6.45, 7) is 4.08. The van der Waals surface area contributed by atoms with E-state index in [0.29, 0.717) is 23.1 Å². The van der Waals surface area contributed by atoms with Crippen molar-refractivity contribution < 1.29 is 24.0 Å². The van der Waals surface area contributed by atoms with Crippen molar-refractivity contribution in [3.63, 3.8) is 0 Å². The molecule has 0 saturated carbocycles. The Labute approximate surface area is 155 Å². The molecule has 1 fully saturated rings. The van der Waals surface area contributed by atoms with Crippen LogP contribution in [0.15, 0.2) is 24.3 Å². The fourth-order valence-corrected chi connectivity index (χ4v) is 3.53. The number of aromatic nitrogens is 2. The third-order valence-electron chi connectivity index (χ3n) is 4.89. The summed E-state index contributed by atoms with van der Waals surface area (Å²) in [6, 6.07) is 6.35. The number of hydroxylamine groups is 2. The highest BCUT2D eigenvalue weighted by atomic mass is 16.7. The zero-order chi connectivity index (χ0) is 19.1. The third kappa shape index (κ3) is 2.82. The average Bonchev–Trinajstić information content (AvgIpc) is 3.11. The van der Waals surface area contributed by atoms with Crippen molar-refractivity contribution in [3.05, 3.63) is 52.3 Å². The molecule has 1 aromatic heterocycles. The maximum absolute atomic E-state index is 12.7. The Morgan fingerprint density at radius 1 is 1.15 bits per heavy atom. The molecule has 0 N–H and O–H groups in total. The number of hydrogen-bond acceptors (Lipinski definition) is 6. The number of rotatable bonds is 3. The maximum Gasteiger partial charge on any atom is 0.367 e. The minimum absolute atomic E-state index is 0.218. The van der Waals surface area contributed by atoms with E-state index in [1.165, 1.54) is 12.1 Å². The minimum Gasteiger partial charge on any atom is -0.357 e. The van der Waals surface area contributed by atoms with E-state index in [2.05, 4.69) is 5.10 Å². The number of carbonyl (C=O) groups is 3. The minimum atomic E-state index is -0.790. The van der Waals surface area contributed by atoms with E-state index in [1.807, 2.05) is 0 Å². The number of ether oxygens (including phenoxy) is 1. The number of imide groups is 1. The molecule has 27 heavy (non-hydrogen) atoms. The molecule has 2 aromatic rings. The summed E-state index contributed by atoms with van der Waals surface area (Å²) in [5, 5.41) is 4.92. The van der Waals surface area contributed by atoms with E-state index in [9.17, 15) is 14.4 Å². The van der Waals surface area contributed by atoms with Crippen LogP contribution in [0.4, 0.5) is 0 Å². The van der Waals surface area contributed by atoms with Crippen LogP contribution in [0.3, 0.4) is 0 Å². The van der Waals surface area contributed by atoms with Crippen LogP contribution in [0.2, 0.25) is 0 Å². The molecule has 1 unspecified atom stereocenters. The van der Waals surface area contributed by atoms with Crippen LogP contribution in [0.5, 0.6) is 0 Å². The summed E-state index contributed by atoms with van der Waals surface area (Å²) in [5.74, 6) is -2.09. The molecular formula is C19H19N3O5. The second-order valence-corrected chi connectivity index (χ2v) is 6.64. The van der Waals surface area contributed by atoms with Gasteiger partial charge in [-0.15, -0.1) is 0 Å². The van der Waals surface area contributed by atoms with Gasteiger partial charge >= 0.3 is 5.97 Å². The summed E-state index contributed by atoms with van der Waals surface area (Å²) in [7, 11) is 0. The third-order valence-corrected chi connectivity index (χ3v) is 4.89. The first-order chi connectivity index (χ1) is 13.0. The Hall–Kier alpha value is -3.00. The Morgan fingerprint density at radius 3 is 2.41 bits per heavy atom. The molecule has 2 aliphatic heterocycles. The van der Waals surface area contributed by atoms with E-state index in [-0.39, 0.29) is 22.9 Å². The molecule has 3 heterocycles. The van der Waals surface area contributed by atoms with Gasteiger partial charge in [-0.1, -0.05) is 17.2 Å². The molecule has 0 radical (unpaired) electrons. The fraction of sp³-hybridized carbons (Fsp3) is 0.368. The summed E-state index contributed by atoms with van der Waals surface area (Å²) >= 11 is 0. The number of nitrogens with zero attached hydrogens (tertiary/aromatic N) is 3. The second kappa shape index (κ2) is 6.62. The molecule has 0 bridgehead atoms. The Kier molecular flexibility index (Phi) is 4.27. The molecule has 4 rings (SSSR count). The Balaban J connectivity index is 1.58. The summed E-state index contributed by atoms with van der Waals surface area (Å²) in [6.07, 6.45) is 2.62. The zero-order valence-corrected chi connectivity index (χ0v) is 15.1. The Morgan fingerprint density at radius 2 is 1.81 bits per heavy atom. The van der Waals surface area contributed by atoms with Crippen LogP contribution in [0.25, 0.3) is 0 Å². The fourth-order valence-electron chi connectivity index (χ4n) is 3.53. The maximum atomic E-state index is 12.7. The van der Waals surface area contributed by atoms with Gasteiger partial charge in [0, 0.05) is 6.61 Å². The van der Waals surface area contributed by atoms with Gasteiger partial charge in [0.1, 0.15) is 11.8 Å². The van der Waals surface area contributed by atoms with Crippen molar-refractivity contribution in [1.82, 2.24) is 14.8 Å². The lowest BCUT2D eigenvalue weighted by molar-refractivity contribution is -0.0587. The van der Waals surface area contributed by atoms with E-state index in [0.717, 1.165) is 19.3 Å². The van der Waals surface area contributed by atoms with Gasteiger partial charge in [0.05, 0.1) is 22.5 Å². The number of fused-ring (bicyclic) bond motifs is 1. The van der Waals surface area contributed by atoms with Crippen molar-refractivity contribution in [1.29, 1.82) is 0 Å². The van der Waals surface area contributed by atoms with E-state index in [4.69, 9.17) is 9.57 Å². The van der Waals surface area contributed by atoms with Crippen LogP contribution in [-0.2, 0) is 9.57 Å². The first kappa shape index (κ1) is 17.4. The molecule has 2 aliphatic rings. The lowest BCUT2D eigenvalue weighted by Crippen LogP contribution is -2.33. The molecule has 1 saturated heterocycles. The first-order valence-electron chi connectivity index (χ1n) is 8.86. The molecule has 1 atom stereocenters.